The highest BCUT2D eigenvalue weighted by atomic mass is 35.5. The van der Waals surface area contributed by atoms with Crippen molar-refractivity contribution < 1.29 is 9.18 Å². The summed E-state index contributed by atoms with van der Waals surface area (Å²) >= 11 is 0. The molecule has 0 radical (unpaired) electrons. The normalized spacial score (nSPS) is 10.7. The second kappa shape index (κ2) is 8.12. The smallest absolute Gasteiger partial charge is 0.230 e. The minimum atomic E-state index is -0.645. The van der Waals surface area contributed by atoms with Crippen LogP contribution in [0.3, 0.4) is 0 Å². The number of hydrogen-bond acceptors (Lipinski definition) is 2. The Labute approximate surface area is 120 Å². The Kier molecular flexibility index (Phi) is 7.64. The summed E-state index contributed by atoms with van der Waals surface area (Å²) < 4.78 is 12.9. The lowest BCUT2D eigenvalue weighted by Crippen LogP contribution is -2.40. The Morgan fingerprint density at radius 1 is 1.21 bits per heavy atom. The third-order valence-corrected chi connectivity index (χ3v) is 3.02. The zero-order chi connectivity index (χ0) is 13.6. The maximum atomic E-state index is 12.9. The van der Waals surface area contributed by atoms with Crippen molar-refractivity contribution in [3.05, 3.63) is 35.6 Å². The van der Waals surface area contributed by atoms with Crippen molar-refractivity contribution in [2.75, 3.05) is 20.1 Å². The molecule has 108 valence electrons. The quantitative estimate of drug-likeness (QED) is 0.789. The molecule has 0 spiro atoms. The summed E-state index contributed by atoms with van der Waals surface area (Å²) in [5.74, 6) is -0.325. The third-order valence-electron chi connectivity index (χ3n) is 3.02. The van der Waals surface area contributed by atoms with Crippen LogP contribution >= 0.6 is 12.4 Å². The molecule has 0 fully saturated rings. The Balaban J connectivity index is 0.00000324. The molecule has 5 heteroatoms. The number of carbonyl (C=O) groups excluding carboxylic acids is 1. The van der Waals surface area contributed by atoms with E-state index in [1.54, 1.807) is 12.1 Å². The summed E-state index contributed by atoms with van der Waals surface area (Å²) in [6.45, 7) is 5.20. The van der Waals surface area contributed by atoms with Crippen molar-refractivity contribution in [1.29, 1.82) is 0 Å². The molecule has 3 nitrogen and oxygen atoms in total. The molecule has 0 aliphatic rings. The summed E-state index contributed by atoms with van der Waals surface area (Å²) in [5, 5.41) is 5.92. The molecule has 0 saturated carbocycles. The highest BCUT2D eigenvalue weighted by Gasteiger charge is 2.29. The minimum Gasteiger partial charge on any atom is -0.355 e. The standard InChI is InChI=1S/C14H21FN2O.ClH/c1-14(2,11-5-7-12(15)8-6-11)13(18)17-10-4-9-16-3;/h5-8,16H,4,9-10H2,1-3H3,(H,17,18);1H. The fourth-order valence-corrected chi connectivity index (χ4v) is 1.69. The minimum absolute atomic E-state index is 0. The van der Waals surface area contributed by atoms with Gasteiger partial charge < -0.3 is 10.6 Å². The van der Waals surface area contributed by atoms with Gasteiger partial charge in [-0.1, -0.05) is 12.1 Å². The molecule has 1 aromatic carbocycles. The Morgan fingerprint density at radius 3 is 2.32 bits per heavy atom. The molecular formula is C14H22ClFN2O. The van der Waals surface area contributed by atoms with Crippen LogP contribution in [0.25, 0.3) is 0 Å². The van der Waals surface area contributed by atoms with Crippen LogP contribution in [0.5, 0.6) is 0 Å². The van der Waals surface area contributed by atoms with Crippen LogP contribution in [0.15, 0.2) is 24.3 Å². The van der Waals surface area contributed by atoms with E-state index in [0.29, 0.717) is 6.54 Å². The molecule has 0 aromatic heterocycles. The number of rotatable bonds is 6. The van der Waals surface area contributed by atoms with E-state index in [1.165, 1.54) is 12.1 Å². The number of carbonyl (C=O) groups is 1. The van der Waals surface area contributed by atoms with E-state index in [4.69, 9.17) is 0 Å². The SMILES string of the molecule is CNCCCNC(=O)C(C)(C)c1ccc(F)cc1.Cl. The van der Waals surface area contributed by atoms with Crippen LogP contribution in [0, 0.1) is 5.82 Å². The molecule has 2 N–H and O–H groups in total. The highest BCUT2D eigenvalue weighted by Crippen LogP contribution is 2.23. The average molecular weight is 289 g/mol. The van der Waals surface area contributed by atoms with E-state index in [2.05, 4.69) is 10.6 Å². The van der Waals surface area contributed by atoms with Gasteiger partial charge in [0.15, 0.2) is 0 Å². The molecular weight excluding hydrogens is 267 g/mol. The van der Waals surface area contributed by atoms with Crippen molar-refractivity contribution in [1.82, 2.24) is 10.6 Å². The van der Waals surface area contributed by atoms with E-state index in [9.17, 15) is 9.18 Å². The number of amides is 1. The summed E-state index contributed by atoms with van der Waals surface area (Å²) in [6, 6.07) is 6.07. The van der Waals surface area contributed by atoms with Gasteiger partial charge in [-0.2, -0.15) is 0 Å². The van der Waals surface area contributed by atoms with Crippen LogP contribution in [0.2, 0.25) is 0 Å². The maximum Gasteiger partial charge on any atom is 0.230 e. The molecule has 19 heavy (non-hydrogen) atoms. The number of halogens is 2. The molecule has 1 amide bonds. The second-order valence-corrected chi connectivity index (χ2v) is 4.84. The second-order valence-electron chi connectivity index (χ2n) is 4.84. The van der Waals surface area contributed by atoms with Crippen LogP contribution in [-0.4, -0.2) is 26.0 Å². The zero-order valence-corrected chi connectivity index (χ0v) is 12.4. The fraction of sp³-hybridized carbons (Fsp3) is 0.500. The van der Waals surface area contributed by atoms with E-state index in [-0.39, 0.29) is 24.1 Å². The monoisotopic (exact) mass is 288 g/mol. The molecule has 0 bridgehead atoms. The van der Waals surface area contributed by atoms with Crippen molar-refractivity contribution >= 4 is 18.3 Å². The number of nitrogens with one attached hydrogen (secondary N) is 2. The predicted octanol–water partition coefficient (Wildman–Crippen LogP) is 2.25. The maximum absolute atomic E-state index is 12.9. The van der Waals surface area contributed by atoms with Gasteiger partial charge in [0.1, 0.15) is 5.82 Å². The molecule has 1 rings (SSSR count). The van der Waals surface area contributed by atoms with Crippen molar-refractivity contribution in [3.8, 4) is 0 Å². The molecule has 0 aliphatic carbocycles. The molecule has 0 heterocycles. The first-order valence-electron chi connectivity index (χ1n) is 6.17. The molecule has 0 unspecified atom stereocenters. The molecule has 1 aromatic rings. The lowest BCUT2D eigenvalue weighted by Gasteiger charge is -2.24. The number of hydrogen-bond donors (Lipinski definition) is 2. The average Bonchev–Trinajstić information content (AvgIpc) is 2.35. The van der Waals surface area contributed by atoms with Crippen molar-refractivity contribution in [2.45, 2.75) is 25.7 Å². The Bertz CT molecular complexity index is 393. The topological polar surface area (TPSA) is 41.1 Å². The van der Waals surface area contributed by atoms with Crippen LogP contribution in [-0.2, 0) is 10.2 Å². The lowest BCUT2D eigenvalue weighted by atomic mass is 9.83. The summed E-state index contributed by atoms with van der Waals surface area (Å²) in [6.07, 6.45) is 0.891. The van der Waals surface area contributed by atoms with Gasteiger partial charge >= 0.3 is 0 Å². The van der Waals surface area contributed by atoms with Crippen molar-refractivity contribution in [2.24, 2.45) is 0 Å². The van der Waals surface area contributed by atoms with Gasteiger partial charge in [0.05, 0.1) is 5.41 Å². The summed E-state index contributed by atoms with van der Waals surface area (Å²) in [7, 11) is 1.88. The van der Waals surface area contributed by atoms with Gasteiger partial charge in [-0.3, -0.25) is 4.79 Å². The van der Waals surface area contributed by atoms with Crippen LogP contribution in [0.4, 0.5) is 4.39 Å². The van der Waals surface area contributed by atoms with E-state index in [1.807, 2.05) is 20.9 Å². The number of benzene rings is 1. The molecule has 0 atom stereocenters. The van der Waals surface area contributed by atoms with Crippen LogP contribution in [0.1, 0.15) is 25.8 Å². The van der Waals surface area contributed by atoms with E-state index in [0.717, 1.165) is 18.5 Å². The van der Waals surface area contributed by atoms with Crippen molar-refractivity contribution in [3.63, 3.8) is 0 Å². The van der Waals surface area contributed by atoms with Gasteiger partial charge in [-0.15, -0.1) is 12.4 Å². The van der Waals surface area contributed by atoms with Gasteiger partial charge in [0, 0.05) is 6.54 Å². The molecule has 0 aliphatic heterocycles. The van der Waals surface area contributed by atoms with Gasteiger partial charge in [0.2, 0.25) is 5.91 Å². The van der Waals surface area contributed by atoms with Gasteiger partial charge in [-0.25, -0.2) is 4.39 Å². The third kappa shape index (κ3) is 5.17. The first kappa shape index (κ1) is 17.9. The van der Waals surface area contributed by atoms with Gasteiger partial charge in [-0.05, 0) is 51.6 Å². The Hall–Kier alpha value is -1.13. The van der Waals surface area contributed by atoms with Gasteiger partial charge in [0.25, 0.3) is 0 Å². The van der Waals surface area contributed by atoms with E-state index >= 15 is 0 Å². The summed E-state index contributed by atoms with van der Waals surface area (Å²) in [4.78, 5) is 12.1. The first-order valence-corrected chi connectivity index (χ1v) is 6.17. The predicted molar refractivity (Wildman–Crippen MR) is 78.2 cm³/mol. The van der Waals surface area contributed by atoms with E-state index < -0.39 is 5.41 Å². The molecule has 0 saturated heterocycles. The first-order chi connectivity index (χ1) is 8.48. The van der Waals surface area contributed by atoms with Crippen LogP contribution < -0.4 is 10.6 Å². The largest absolute Gasteiger partial charge is 0.355 e. The zero-order valence-electron chi connectivity index (χ0n) is 11.6. The Morgan fingerprint density at radius 2 is 1.79 bits per heavy atom. The fourth-order valence-electron chi connectivity index (χ4n) is 1.69. The highest BCUT2D eigenvalue weighted by molar-refractivity contribution is 5.87. The summed E-state index contributed by atoms with van der Waals surface area (Å²) in [5.41, 5.74) is 0.169. The lowest BCUT2D eigenvalue weighted by molar-refractivity contribution is -0.125.